The Bertz CT molecular complexity index is 893. The molecule has 0 saturated carbocycles. The number of amides is 1. The van der Waals surface area contributed by atoms with E-state index in [2.05, 4.69) is 15.3 Å². The predicted octanol–water partition coefficient (Wildman–Crippen LogP) is 3.49. The lowest BCUT2D eigenvalue weighted by atomic mass is 10.1. The summed E-state index contributed by atoms with van der Waals surface area (Å²) in [4.78, 5) is 20.1. The first-order valence-corrected chi connectivity index (χ1v) is 7.33. The summed E-state index contributed by atoms with van der Waals surface area (Å²) in [5, 5.41) is 2.42. The van der Waals surface area contributed by atoms with Gasteiger partial charge in [0, 0.05) is 5.56 Å². The molecule has 126 valence electrons. The molecule has 2 aromatic carbocycles. The molecule has 0 bridgehead atoms. The van der Waals surface area contributed by atoms with Gasteiger partial charge in [-0.3, -0.25) is 4.79 Å². The van der Waals surface area contributed by atoms with E-state index < -0.39 is 23.1 Å². The second kappa shape index (κ2) is 7.12. The number of hydrogen-bond acceptors (Lipinski definition) is 3. The van der Waals surface area contributed by atoms with E-state index in [9.17, 15) is 18.0 Å². The fourth-order valence-corrected chi connectivity index (χ4v) is 2.25. The molecule has 1 N–H and O–H groups in total. The van der Waals surface area contributed by atoms with Gasteiger partial charge in [-0.05, 0) is 42.5 Å². The van der Waals surface area contributed by atoms with Crippen LogP contribution in [-0.4, -0.2) is 15.9 Å². The molecule has 0 fully saturated rings. The molecular weight excluding hydrogens is 331 g/mol. The van der Waals surface area contributed by atoms with Crippen LogP contribution in [0.4, 0.5) is 13.2 Å². The molecule has 0 aliphatic rings. The molecule has 1 heterocycles. The Kier molecular flexibility index (Phi) is 4.74. The Hall–Kier alpha value is -3.22. The molecule has 0 spiro atoms. The van der Waals surface area contributed by atoms with Crippen molar-refractivity contribution in [1.29, 1.82) is 0 Å². The van der Waals surface area contributed by atoms with Crippen LogP contribution in [0.3, 0.4) is 0 Å². The summed E-state index contributed by atoms with van der Waals surface area (Å²) in [6.07, 6.45) is 1.30. The molecule has 3 aromatic rings. The van der Waals surface area contributed by atoms with Gasteiger partial charge in [-0.25, -0.2) is 23.1 Å². The van der Waals surface area contributed by atoms with E-state index in [-0.39, 0.29) is 12.4 Å². The Morgan fingerprint density at radius 1 is 0.960 bits per heavy atom. The molecule has 0 unspecified atom stereocenters. The molecule has 0 aliphatic carbocycles. The van der Waals surface area contributed by atoms with Gasteiger partial charge < -0.3 is 5.32 Å². The van der Waals surface area contributed by atoms with Crippen LogP contribution in [0.25, 0.3) is 11.3 Å². The molecule has 0 radical (unpaired) electrons. The maximum atomic E-state index is 13.6. The van der Waals surface area contributed by atoms with Crippen molar-refractivity contribution >= 4 is 5.91 Å². The van der Waals surface area contributed by atoms with Crippen LogP contribution in [0.15, 0.2) is 54.9 Å². The van der Waals surface area contributed by atoms with Gasteiger partial charge in [-0.2, -0.15) is 0 Å². The van der Waals surface area contributed by atoms with Crippen molar-refractivity contribution in [2.24, 2.45) is 0 Å². The van der Waals surface area contributed by atoms with Gasteiger partial charge in [-0.1, -0.05) is 6.07 Å². The molecule has 1 aromatic heterocycles. The SMILES string of the molecule is O=C(NCc1cc(-c2ccc(F)cc2)ncn1)c1c(F)cccc1F. The van der Waals surface area contributed by atoms with E-state index in [0.29, 0.717) is 17.0 Å². The molecule has 7 heteroatoms. The molecular formula is C18H12F3N3O. The minimum absolute atomic E-state index is 0.0384. The first-order chi connectivity index (χ1) is 12.0. The summed E-state index contributed by atoms with van der Waals surface area (Å²) in [6.45, 7) is -0.0384. The second-order valence-corrected chi connectivity index (χ2v) is 5.18. The van der Waals surface area contributed by atoms with Crippen molar-refractivity contribution in [3.63, 3.8) is 0 Å². The number of benzene rings is 2. The molecule has 4 nitrogen and oxygen atoms in total. The summed E-state index contributed by atoms with van der Waals surface area (Å²) < 4.78 is 40.2. The van der Waals surface area contributed by atoms with E-state index in [1.165, 1.54) is 24.5 Å². The molecule has 3 rings (SSSR count). The van der Waals surface area contributed by atoms with Crippen LogP contribution in [0, 0.1) is 17.5 Å². The first kappa shape index (κ1) is 16.6. The number of carbonyl (C=O) groups is 1. The molecule has 0 atom stereocenters. The quantitative estimate of drug-likeness (QED) is 0.789. The number of aromatic nitrogens is 2. The average Bonchev–Trinajstić information content (AvgIpc) is 2.61. The van der Waals surface area contributed by atoms with Gasteiger partial charge in [0.2, 0.25) is 0 Å². The summed E-state index contributed by atoms with van der Waals surface area (Å²) >= 11 is 0. The zero-order chi connectivity index (χ0) is 17.8. The smallest absolute Gasteiger partial charge is 0.257 e. The Morgan fingerprint density at radius 3 is 2.32 bits per heavy atom. The highest BCUT2D eigenvalue weighted by Gasteiger charge is 2.16. The molecule has 25 heavy (non-hydrogen) atoms. The lowest BCUT2D eigenvalue weighted by molar-refractivity contribution is 0.0942. The highest BCUT2D eigenvalue weighted by molar-refractivity contribution is 5.94. The summed E-state index contributed by atoms with van der Waals surface area (Å²) in [5.74, 6) is -3.12. The zero-order valence-electron chi connectivity index (χ0n) is 12.8. The molecule has 0 saturated heterocycles. The Balaban J connectivity index is 1.75. The number of nitrogens with zero attached hydrogens (tertiary/aromatic N) is 2. The van der Waals surface area contributed by atoms with Crippen LogP contribution in [0.1, 0.15) is 16.1 Å². The van der Waals surface area contributed by atoms with E-state index in [4.69, 9.17) is 0 Å². The van der Waals surface area contributed by atoms with Crippen LogP contribution >= 0.6 is 0 Å². The van der Waals surface area contributed by atoms with Gasteiger partial charge in [0.05, 0.1) is 17.9 Å². The topological polar surface area (TPSA) is 54.9 Å². The van der Waals surface area contributed by atoms with E-state index in [0.717, 1.165) is 12.1 Å². The van der Waals surface area contributed by atoms with E-state index in [1.807, 2.05) is 0 Å². The van der Waals surface area contributed by atoms with Crippen LogP contribution in [0.2, 0.25) is 0 Å². The number of carbonyl (C=O) groups excluding carboxylic acids is 1. The highest BCUT2D eigenvalue weighted by Crippen LogP contribution is 2.17. The first-order valence-electron chi connectivity index (χ1n) is 7.33. The zero-order valence-corrected chi connectivity index (χ0v) is 12.8. The number of nitrogens with one attached hydrogen (secondary N) is 1. The van der Waals surface area contributed by atoms with Crippen LogP contribution in [-0.2, 0) is 6.54 Å². The Labute approximate surface area is 141 Å². The number of halogens is 3. The van der Waals surface area contributed by atoms with Gasteiger partial charge in [0.15, 0.2) is 0 Å². The lowest BCUT2D eigenvalue weighted by Gasteiger charge is -2.08. The van der Waals surface area contributed by atoms with Crippen LogP contribution < -0.4 is 5.32 Å². The number of rotatable bonds is 4. The van der Waals surface area contributed by atoms with Crippen molar-refractivity contribution in [3.8, 4) is 11.3 Å². The standard InChI is InChI=1S/C18H12F3N3O/c19-12-6-4-11(5-7-12)16-8-13(23-10-24-16)9-22-18(25)17-14(20)2-1-3-15(17)21/h1-8,10H,9H2,(H,22,25). The normalized spacial score (nSPS) is 10.5. The largest absolute Gasteiger partial charge is 0.346 e. The highest BCUT2D eigenvalue weighted by atomic mass is 19.1. The van der Waals surface area contributed by atoms with E-state index >= 15 is 0 Å². The maximum absolute atomic E-state index is 13.6. The third-order valence-corrected chi connectivity index (χ3v) is 3.48. The van der Waals surface area contributed by atoms with E-state index in [1.54, 1.807) is 18.2 Å². The van der Waals surface area contributed by atoms with Crippen molar-refractivity contribution in [2.75, 3.05) is 0 Å². The summed E-state index contributed by atoms with van der Waals surface area (Å²) in [5.41, 5.74) is 1.02. The van der Waals surface area contributed by atoms with Gasteiger partial charge in [0.25, 0.3) is 5.91 Å². The fourth-order valence-electron chi connectivity index (χ4n) is 2.25. The van der Waals surface area contributed by atoms with Crippen LogP contribution in [0.5, 0.6) is 0 Å². The monoisotopic (exact) mass is 343 g/mol. The third-order valence-electron chi connectivity index (χ3n) is 3.48. The second-order valence-electron chi connectivity index (χ2n) is 5.18. The maximum Gasteiger partial charge on any atom is 0.257 e. The summed E-state index contributed by atoms with van der Waals surface area (Å²) in [6, 6.07) is 10.5. The van der Waals surface area contributed by atoms with Crippen molar-refractivity contribution in [3.05, 3.63) is 83.6 Å². The van der Waals surface area contributed by atoms with Crippen molar-refractivity contribution in [1.82, 2.24) is 15.3 Å². The van der Waals surface area contributed by atoms with Gasteiger partial charge >= 0.3 is 0 Å². The van der Waals surface area contributed by atoms with Gasteiger partial charge in [-0.15, -0.1) is 0 Å². The molecule has 0 aliphatic heterocycles. The average molecular weight is 343 g/mol. The lowest BCUT2D eigenvalue weighted by Crippen LogP contribution is -2.25. The van der Waals surface area contributed by atoms with Crippen molar-refractivity contribution in [2.45, 2.75) is 6.54 Å². The predicted molar refractivity (Wildman–Crippen MR) is 85.0 cm³/mol. The molecule has 1 amide bonds. The minimum atomic E-state index is -0.938. The van der Waals surface area contributed by atoms with Crippen molar-refractivity contribution < 1.29 is 18.0 Å². The van der Waals surface area contributed by atoms with Gasteiger partial charge in [0.1, 0.15) is 29.3 Å². The Morgan fingerprint density at radius 2 is 1.64 bits per heavy atom. The third kappa shape index (κ3) is 3.82. The summed E-state index contributed by atoms with van der Waals surface area (Å²) in [7, 11) is 0. The minimum Gasteiger partial charge on any atom is -0.346 e. The fraction of sp³-hybridized carbons (Fsp3) is 0.0556. The number of hydrogen-bond donors (Lipinski definition) is 1.